The number of hydrogen-bond donors (Lipinski definition) is 0. The third-order valence-corrected chi connectivity index (χ3v) is 6.98. The highest BCUT2D eigenvalue weighted by molar-refractivity contribution is 8.18. The molecule has 0 spiro atoms. The van der Waals surface area contributed by atoms with E-state index in [1.54, 1.807) is 0 Å². The predicted octanol–water partition coefficient (Wildman–Crippen LogP) is 6.79. The summed E-state index contributed by atoms with van der Waals surface area (Å²) in [4.78, 5) is 27.6. The molecule has 0 unspecified atom stereocenters. The summed E-state index contributed by atoms with van der Waals surface area (Å²) in [6.07, 6.45) is 1.85. The lowest BCUT2D eigenvalue weighted by Gasteiger charge is -2.13. The first-order valence-corrected chi connectivity index (χ1v) is 11.7. The molecule has 0 N–H and O–H groups in total. The zero-order chi connectivity index (χ0) is 23.1. The molecule has 3 aromatic carbocycles. The predicted molar refractivity (Wildman–Crippen MR) is 135 cm³/mol. The van der Waals surface area contributed by atoms with Crippen molar-refractivity contribution in [3.8, 4) is 5.69 Å². The highest BCUT2D eigenvalue weighted by Crippen LogP contribution is 2.35. The number of fused-ring (bicyclic) bond motifs is 1. The molecule has 5 rings (SSSR count). The Balaban J connectivity index is 1.42. The number of aromatic nitrogens is 1. The molecule has 0 aliphatic carbocycles. The van der Waals surface area contributed by atoms with Crippen LogP contribution in [0.4, 0.5) is 4.79 Å². The number of carbonyl (C=O) groups excluding carboxylic acids is 2. The number of rotatable bonds is 4. The first-order chi connectivity index (χ1) is 15.9. The van der Waals surface area contributed by atoms with E-state index < -0.39 is 0 Å². The lowest BCUT2D eigenvalue weighted by Crippen LogP contribution is -2.27. The molecule has 5 heteroatoms. The number of thioether (sulfide) groups is 1. The summed E-state index contributed by atoms with van der Waals surface area (Å²) < 4.78 is 2.17. The molecule has 1 aromatic heterocycles. The van der Waals surface area contributed by atoms with Crippen LogP contribution in [-0.4, -0.2) is 20.6 Å². The van der Waals surface area contributed by atoms with Crippen LogP contribution >= 0.6 is 11.8 Å². The minimum absolute atomic E-state index is 0.230. The second-order valence-corrected chi connectivity index (χ2v) is 9.44. The molecule has 0 atom stereocenters. The van der Waals surface area contributed by atoms with E-state index in [2.05, 4.69) is 54.8 Å². The second kappa shape index (κ2) is 8.41. The maximum absolute atomic E-state index is 13.1. The van der Waals surface area contributed by atoms with Crippen LogP contribution in [0.1, 0.15) is 28.1 Å². The van der Waals surface area contributed by atoms with Crippen molar-refractivity contribution in [2.24, 2.45) is 0 Å². The van der Waals surface area contributed by atoms with Gasteiger partial charge in [-0.15, -0.1) is 0 Å². The maximum Gasteiger partial charge on any atom is 0.293 e. The smallest absolute Gasteiger partial charge is 0.293 e. The highest BCUT2D eigenvalue weighted by atomic mass is 32.2. The van der Waals surface area contributed by atoms with Gasteiger partial charge in [-0.05, 0) is 84.8 Å². The highest BCUT2D eigenvalue weighted by Gasteiger charge is 2.35. The number of nitrogens with zero attached hydrogens (tertiary/aromatic N) is 2. The fourth-order valence-corrected chi connectivity index (χ4v) is 5.15. The molecular formula is C28H24N2O2S. The minimum atomic E-state index is -0.238. The van der Waals surface area contributed by atoms with E-state index in [9.17, 15) is 9.59 Å². The van der Waals surface area contributed by atoms with Crippen LogP contribution in [0.25, 0.3) is 22.5 Å². The van der Waals surface area contributed by atoms with Gasteiger partial charge in [-0.25, -0.2) is 0 Å². The van der Waals surface area contributed by atoms with Crippen LogP contribution in [0.2, 0.25) is 0 Å². The van der Waals surface area contributed by atoms with Crippen LogP contribution < -0.4 is 0 Å². The Morgan fingerprint density at radius 1 is 0.848 bits per heavy atom. The zero-order valence-corrected chi connectivity index (χ0v) is 19.6. The summed E-state index contributed by atoms with van der Waals surface area (Å²) in [5, 5.41) is 2.01. The van der Waals surface area contributed by atoms with Gasteiger partial charge in [-0.3, -0.25) is 14.5 Å². The van der Waals surface area contributed by atoms with Gasteiger partial charge in [0.05, 0.1) is 11.4 Å². The Hall–Kier alpha value is -3.57. The van der Waals surface area contributed by atoms with Crippen molar-refractivity contribution in [2.45, 2.75) is 27.3 Å². The summed E-state index contributed by atoms with van der Waals surface area (Å²) in [7, 11) is 0. The Bertz CT molecular complexity index is 1430. The van der Waals surface area contributed by atoms with Crippen LogP contribution in [0.15, 0.2) is 77.7 Å². The molecule has 0 radical (unpaired) electrons. The van der Waals surface area contributed by atoms with Gasteiger partial charge in [0, 0.05) is 17.1 Å². The molecule has 4 nitrogen and oxygen atoms in total. The number of amides is 2. The molecule has 164 valence electrons. The maximum atomic E-state index is 13.1. The standard InChI is InChI=1S/C28H24N2O2S/c1-18-8-12-25(13-9-18)30-19(2)14-24(20(30)3)16-26-27(31)29(28(32)33-26)17-21-10-11-22-6-4-5-7-23(22)15-21/h4-16H,17H2,1-3H3/b26-16-. The molecule has 4 aromatic rings. The van der Waals surface area contributed by atoms with Gasteiger partial charge in [-0.1, -0.05) is 54.1 Å². The van der Waals surface area contributed by atoms with Gasteiger partial charge >= 0.3 is 0 Å². The quantitative estimate of drug-likeness (QED) is 0.320. The number of carbonyl (C=O) groups is 2. The summed E-state index contributed by atoms with van der Waals surface area (Å²) in [5.41, 5.74) is 6.30. The fraction of sp³-hybridized carbons (Fsp3) is 0.143. The Morgan fingerprint density at radius 2 is 1.58 bits per heavy atom. The van der Waals surface area contributed by atoms with Crippen molar-refractivity contribution in [1.29, 1.82) is 0 Å². The van der Waals surface area contributed by atoms with Crippen LogP contribution in [0.5, 0.6) is 0 Å². The molecule has 1 saturated heterocycles. The summed E-state index contributed by atoms with van der Waals surface area (Å²) in [6, 6.07) is 24.5. The molecule has 1 fully saturated rings. The number of aryl methyl sites for hydroxylation is 2. The van der Waals surface area contributed by atoms with Gasteiger partial charge in [-0.2, -0.15) is 0 Å². The van der Waals surface area contributed by atoms with E-state index >= 15 is 0 Å². The fourth-order valence-electron chi connectivity index (χ4n) is 4.32. The molecular weight excluding hydrogens is 428 g/mol. The number of imide groups is 1. The Morgan fingerprint density at radius 3 is 2.33 bits per heavy atom. The molecule has 0 saturated carbocycles. The average Bonchev–Trinajstić information content (AvgIpc) is 3.23. The van der Waals surface area contributed by atoms with Gasteiger partial charge in [0.25, 0.3) is 11.1 Å². The molecule has 2 amide bonds. The van der Waals surface area contributed by atoms with Gasteiger partial charge in [0.1, 0.15) is 0 Å². The largest absolute Gasteiger partial charge is 0.318 e. The lowest BCUT2D eigenvalue weighted by atomic mass is 10.1. The Kier molecular flexibility index (Phi) is 5.43. The van der Waals surface area contributed by atoms with E-state index in [4.69, 9.17) is 0 Å². The van der Waals surface area contributed by atoms with Crippen LogP contribution in [0.3, 0.4) is 0 Å². The van der Waals surface area contributed by atoms with Crippen molar-refractivity contribution >= 4 is 39.8 Å². The van der Waals surface area contributed by atoms with Gasteiger partial charge in [0.15, 0.2) is 0 Å². The van der Waals surface area contributed by atoms with Crippen molar-refractivity contribution in [3.05, 3.63) is 106 Å². The van der Waals surface area contributed by atoms with Gasteiger partial charge in [0.2, 0.25) is 0 Å². The van der Waals surface area contributed by atoms with Crippen molar-refractivity contribution in [3.63, 3.8) is 0 Å². The summed E-state index contributed by atoms with van der Waals surface area (Å²) in [6.45, 7) is 6.43. The molecule has 2 heterocycles. The number of benzene rings is 3. The minimum Gasteiger partial charge on any atom is -0.318 e. The van der Waals surface area contributed by atoms with Crippen molar-refractivity contribution in [1.82, 2.24) is 9.47 Å². The SMILES string of the molecule is Cc1ccc(-n2c(C)cc(/C=C3\SC(=O)N(Cc4ccc5ccccc5c4)C3=O)c2C)cc1. The molecule has 33 heavy (non-hydrogen) atoms. The van der Waals surface area contributed by atoms with E-state index in [0.29, 0.717) is 4.91 Å². The molecule has 1 aliphatic heterocycles. The number of hydrogen-bond acceptors (Lipinski definition) is 3. The van der Waals surface area contributed by atoms with Crippen LogP contribution in [-0.2, 0) is 11.3 Å². The normalized spacial score (nSPS) is 15.2. The van der Waals surface area contributed by atoms with E-state index in [-0.39, 0.29) is 17.7 Å². The first-order valence-electron chi connectivity index (χ1n) is 10.9. The van der Waals surface area contributed by atoms with E-state index in [1.807, 2.05) is 49.4 Å². The van der Waals surface area contributed by atoms with E-state index in [0.717, 1.165) is 50.7 Å². The van der Waals surface area contributed by atoms with Crippen LogP contribution in [0, 0.1) is 20.8 Å². The monoisotopic (exact) mass is 452 g/mol. The molecule has 0 bridgehead atoms. The van der Waals surface area contributed by atoms with E-state index in [1.165, 1.54) is 10.5 Å². The lowest BCUT2D eigenvalue weighted by molar-refractivity contribution is -0.123. The topological polar surface area (TPSA) is 42.3 Å². The molecule has 1 aliphatic rings. The third-order valence-electron chi connectivity index (χ3n) is 6.08. The summed E-state index contributed by atoms with van der Waals surface area (Å²) >= 11 is 1.01. The van der Waals surface area contributed by atoms with Gasteiger partial charge < -0.3 is 4.57 Å². The summed E-state index contributed by atoms with van der Waals surface area (Å²) in [5.74, 6) is -0.238. The third kappa shape index (κ3) is 4.00. The second-order valence-electron chi connectivity index (χ2n) is 8.45. The Labute approximate surface area is 197 Å². The van der Waals surface area contributed by atoms with Crippen molar-refractivity contribution in [2.75, 3.05) is 0 Å². The van der Waals surface area contributed by atoms with Crippen molar-refractivity contribution < 1.29 is 9.59 Å². The zero-order valence-electron chi connectivity index (χ0n) is 18.8. The average molecular weight is 453 g/mol. The first kappa shape index (κ1) is 21.3.